The fraction of sp³-hybridized carbons (Fsp3) is 0.625. The van der Waals surface area contributed by atoms with E-state index in [1.807, 2.05) is 13.8 Å². The third-order valence-corrected chi connectivity index (χ3v) is 12.0. The molecular formula is C40H50O14. The SMILES string of the molecule is CO[C@H]1[C@@H](OC(=O)C=C(C)C)[C@@]2(C)C3=CC(=O)[C@@H](C4=C(OC(C)=O)OC(OC(C)=O)C4)[C@]3(C)[C@@H](OC(C)=O)[C@@H](OC(C)=O)[C@@H]2[C@@]2(C)C(=O)C=CC(C)(C)[C@H]12. The number of rotatable bonds is 8. The van der Waals surface area contributed by atoms with E-state index in [-0.39, 0.29) is 23.7 Å². The molecule has 0 bridgehead atoms. The third kappa shape index (κ3) is 6.29. The van der Waals surface area contributed by atoms with Crippen LogP contribution in [-0.4, -0.2) is 79.2 Å². The Bertz CT molecular complexity index is 1810. The average Bonchev–Trinajstić information content (AvgIpc) is 3.52. The van der Waals surface area contributed by atoms with Gasteiger partial charge < -0.3 is 33.2 Å². The van der Waals surface area contributed by atoms with E-state index in [2.05, 4.69) is 0 Å². The van der Waals surface area contributed by atoms with Crippen LogP contribution in [0.2, 0.25) is 0 Å². The Kier molecular flexibility index (Phi) is 10.5. The first-order chi connectivity index (χ1) is 25.0. The van der Waals surface area contributed by atoms with Crippen LogP contribution in [0.1, 0.15) is 82.6 Å². The number of esters is 5. The second-order valence-electron chi connectivity index (χ2n) is 16.4. The summed E-state index contributed by atoms with van der Waals surface area (Å²) in [5, 5.41) is 0. The molecule has 0 spiro atoms. The van der Waals surface area contributed by atoms with Crippen LogP contribution in [0.25, 0.3) is 0 Å². The molecule has 2 saturated carbocycles. The highest BCUT2D eigenvalue weighted by molar-refractivity contribution is 6.01. The van der Waals surface area contributed by atoms with Crippen LogP contribution in [0.4, 0.5) is 0 Å². The number of ether oxygens (including phenoxy) is 7. The average molecular weight is 755 g/mol. The van der Waals surface area contributed by atoms with Crippen molar-refractivity contribution < 1.29 is 66.7 Å². The maximum atomic E-state index is 14.7. The Morgan fingerprint density at radius 2 is 1.33 bits per heavy atom. The number of methoxy groups -OCH3 is 1. The van der Waals surface area contributed by atoms with Crippen molar-refractivity contribution in [3.63, 3.8) is 0 Å². The number of carbonyl (C=O) groups excluding carboxylic acids is 7. The van der Waals surface area contributed by atoms with Crippen molar-refractivity contribution in [1.29, 1.82) is 0 Å². The summed E-state index contributed by atoms with van der Waals surface area (Å²) in [6.45, 7) is 17.1. The van der Waals surface area contributed by atoms with Crippen molar-refractivity contribution in [1.82, 2.24) is 0 Å². The molecule has 0 aromatic rings. The summed E-state index contributed by atoms with van der Waals surface area (Å²) in [5.41, 5.74) is -4.28. The van der Waals surface area contributed by atoms with Gasteiger partial charge in [0.15, 0.2) is 11.6 Å². The Balaban J connectivity index is 1.89. The van der Waals surface area contributed by atoms with Crippen molar-refractivity contribution in [2.24, 2.45) is 39.4 Å². The second-order valence-corrected chi connectivity index (χ2v) is 16.4. The quantitative estimate of drug-likeness (QED) is 0.193. The second kappa shape index (κ2) is 13.9. The summed E-state index contributed by atoms with van der Waals surface area (Å²) in [4.78, 5) is 93.7. The Morgan fingerprint density at radius 3 is 1.87 bits per heavy atom. The minimum Gasteiger partial charge on any atom is -0.458 e. The van der Waals surface area contributed by atoms with Crippen LogP contribution in [0.3, 0.4) is 0 Å². The summed E-state index contributed by atoms with van der Waals surface area (Å²) in [7, 11) is 1.46. The van der Waals surface area contributed by atoms with Gasteiger partial charge in [0, 0.05) is 74.5 Å². The van der Waals surface area contributed by atoms with Crippen molar-refractivity contribution >= 4 is 41.4 Å². The van der Waals surface area contributed by atoms with Gasteiger partial charge in [-0.05, 0) is 37.0 Å². The molecule has 0 N–H and O–H groups in total. The molecule has 14 heteroatoms. The molecule has 0 radical (unpaired) electrons. The lowest BCUT2D eigenvalue weighted by molar-refractivity contribution is -0.275. The molecule has 1 unspecified atom stereocenters. The molecule has 14 nitrogen and oxygen atoms in total. The molecule has 294 valence electrons. The molecule has 2 fully saturated rings. The van der Waals surface area contributed by atoms with Gasteiger partial charge in [0.25, 0.3) is 12.2 Å². The number of ketones is 2. The fourth-order valence-electron chi connectivity index (χ4n) is 10.6. The minimum atomic E-state index is -1.64. The van der Waals surface area contributed by atoms with Crippen molar-refractivity contribution in [3.8, 4) is 0 Å². The molecule has 54 heavy (non-hydrogen) atoms. The molecule has 11 atom stereocenters. The van der Waals surface area contributed by atoms with Crippen molar-refractivity contribution in [2.75, 3.05) is 7.11 Å². The zero-order valence-corrected chi connectivity index (χ0v) is 32.9. The van der Waals surface area contributed by atoms with E-state index in [0.29, 0.717) is 11.1 Å². The first-order valence-electron chi connectivity index (χ1n) is 17.9. The van der Waals surface area contributed by atoms with Gasteiger partial charge in [0.1, 0.15) is 18.3 Å². The first-order valence-corrected chi connectivity index (χ1v) is 17.9. The smallest absolute Gasteiger partial charge is 0.331 e. The molecule has 0 saturated heterocycles. The molecule has 1 aliphatic heterocycles. The van der Waals surface area contributed by atoms with Gasteiger partial charge in [0.2, 0.25) is 0 Å². The molecule has 0 amide bonds. The van der Waals surface area contributed by atoms with Crippen molar-refractivity contribution in [2.45, 2.75) is 113 Å². The van der Waals surface area contributed by atoms with E-state index in [1.54, 1.807) is 40.7 Å². The molecule has 5 aliphatic rings. The predicted molar refractivity (Wildman–Crippen MR) is 187 cm³/mol. The zero-order valence-electron chi connectivity index (χ0n) is 32.9. The van der Waals surface area contributed by atoms with E-state index in [0.717, 1.165) is 6.92 Å². The summed E-state index contributed by atoms with van der Waals surface area (Å²) >= 11 is 0. The zero-order chi connectivity index (χ0) is 40.5. The van der Waals surface area contributed by atoms with E-state index < -0.39 is 106 Å². The topological polar surface area (TPSA) is 184 Å². The highest BCUT2D eigenvalue weighted by atomic mass is 16.8. The molecular weight excluding hydrogens is 704 g/mol. The van der Waals surface area contributed by atoms with Gasteiger partial charge in [-0.25, -0.2) is 4.79 Å². The van der Waals surface area contributed by atoms with Crippen LogP contribution in [-0.2, 0) is 66.7 Å². The summed E-state index contributed by atoms with van der Waals surface area (Å²) < 4.78 is 41.6. The largest absolute Gasteiger partial charge is 0.458 e. The lowest BCUT2D eigenvalue weighted by Gasteiger charge is -2.69. The van der Waals surface area contributed by atoms with E-state index >= 15 is 0 Å². The number of carbonyl (C=O) groups is 7. The van der Waals surface area contributed by atoms with Gasteiger partial charge in [-0.1, -0.05) is 46.3 Å². The highest BCUT2D eigenvalue weighted by Crippen LogP contribution is 2.73. The van der Waals surface area contributed by atoms with Crippen LogP contribution in [0.15, 0.2) is 47.0 Å². The fourth-order valence-corrected chi connectivity index (χ4v) is 10.6. The monoisotopic (exact) mass is 754 g/mol. The predicted octanol–water partition coefficient (Wildman–Crippen LogP) is 4.40. The van der Waals surface area contributed by atoms with E-state index in [9.17, 15) is 33.6 Å². The molecule has 4 aliphatic carbocycles. The summed E-state index contributed by atoms with van der Waals surface area (Å²) in [6, 6.07) is 0. The van der Waals surface area contributed by atoms with Gasteiger partial charge in [-0.2, -0.15) is 0 Å². The van der Waals surface area contributed by atoms with Crippen molar-refractivity contribution in [3.05, 3.63) is 47.0 Å². The minimum absolute atomic E-state index is 0.120. The summed E-state index contributed by atoms with van der Waals surface area (Å²) in [5.74, 6) is -8.06. The standard InChI is InChI=1S/C40H50O14/c1-18(2)15-27(47)53-34-30(48-12)32-37(7,8)14-13-26(46)40(32,11)33-31(50-20(4)42)35(51-21(5)43)38(9)25(39(33,34)10)17-24(45)29(38)23-16-28(49-19(3)41)54-36(23)52-22(6)44/h13-15,17,28-35H,16H2,1-12H3/t28?,29-,30-,31+,32+,33+,34-,35+,38-,39+,40+/m1/s1. The maximum absolute atomic E-state index is 14.7. The lowest BCUT2D eigenvalue weighted by Crippen LogP contribution is -2.77. The van der Waals surface area contributed by atoms with Gasteiger partial charge in [-0.3, -0.25) is 28.8 Å². The van der Waals surface area contributed by atoms with Gasteiger partial charge in [0.05, 0.1) is 18.4 Å². The third-order valence-electron chi connectivity index (χ3n) is 12.0. The number of allylic oxidation sites excluding steroid dienone is 4. The van der Waals surface area contributed by atoms with Crippen LogP contribution >= 0.6 is 0 Å². The van der Waals surface area contributed by atoms with Gasteiger partial charge in [-0.15, -0.1) is 0 Å². The highest BCUT2D eigenvalue weighted by Gasteiger charge is 2.79. The number of hydrogen-bond donors (Lipinski definition) is 0. The van der Waals surface area contributed by atoms with Crippen LogP contribution in [0, 0.1) is 39.4 Å². The summed E-state index contributed by atoms with van der Waals surface area (Å²) in [6.07, 6.45) is -0.553. The van der Waals surface area contributed by atoms with Gasteiger partial charge >= 0.3 is 29.8 Å². The Labute approximate surface area is 314 Å². The molecule has 0 aromatic heterocycles. The lowest BCUT2D eigenvalue weighted by atomic mass is 9.36. The normalized spacial score (nSPS) is 37.4. The molecule has 1 heterocycles. The Hall–Kier alpha value is -4.59. The molecule has 0 aromatic carbocycles. The van der Waals surface area contributed by atoms with Crippen LogP contribution in [0.5, 0.6) is 0 Å². The molecule has 5 rings (SSSR count). The number of fused-ring (bicyclic) bond motifs is 5. The van der Waals surface area contributed by atoms with E-state index in [1.165, 1.54) is 46.1 Å². The van der Waals surface area contributed by atoms with E-state index in [4.69, 9.17) is 33.2 Å². The number of hydrogen-bond acceptors (Lipinski definition) is 14. The maximum Gasteiger partial charge on any atom is 0.331 e. The Morgan fingerprint density at radius 1 is 0.741 bits per heavy atom. The first kappa shape index (κ1) is 40.6. The van der Waals surface area contributed by atoms with Crippen LogP contribution < -0.4 is 0 Å².